The number of fused-ring (bicyclic) bond motifs is 1. The van der Waals surface area contributed by atoms with E-state index in [2.05, 4.69) is 6.58 Å². The highest BCUT2D eigenvalue weighted by atomic mass is 19.2. The summed E-state index contributed by atoms with van der Waals surface area (Å²) in [6.45, 7) is 3.59. The Hall–Kier alpha value is -3.03. The third kappa shape index (κ3) is 2.94. The number of amides is 1. The van der Waals surface area contributed by atoms with E-state index in [9.17, 15) is 22.4 Å². The van der Waals surface area contributed by atoms with E-state index in [-0.39, 0.29) is 17.5 Å². The molecule has 1 aliphatic heterocycles. The van der Waals surface area contributed by atoms with Crippen molar-refractivity contribution in [2.45, 2.75) is 31.8 Å². The van der Waals surface area contributed by atoms with Gasteiger partial charge in [-0.15, -0.1) is 0 Å². The van der Waals surface area contributed by atoms with Crippen molar-refractivity contribution in [2.75, 3.05) is 12.0 Å². The second-order valence-corrected chi connectivity index (χ2v) is 6.95. The maximum absolute atomic E-state index is 14.3. The summed E-state index contributed by atoms with van der Waals surface area (Å²) in [4.78, 5) is 13.7. The molecule has 0 spiro atoms. The van der Waals surface area contributed by atoms with Crippen LogP contribution in [0.5, 0.6) is 11.5 Å². The lowest BCUT2D eigenvalue weighted by molar-refractivity contribution is 0.100. The normalized spacial score (nSPS) is 16.5. The van der Waals surface area contributed by atoms with Crippen LogP contribution in [0.4, 0.5) is 23.2 Å². The molecule has 1 fully saturated rings. The fourth-order valence-corrected chi connectivity index (χ4v) is 3.81. The van der Waals surface area contributed by atoms with E-state index in [1.54, 1.807) is 0 Å². The molecule has 1 saturated carbocycles. The molecule has 0 atom stereocenters. The molecule has 0 N–H and O–H groups in total. The van der Waals surface area contributed by atoms with Crippen molar-refractivity contribution >= 4 is 17.3 Å². The van der Waals surface area contributed by atoms with Gasteiger partial charge in [-0.05, 0) is 37.8 Å². The van der Waals surface area contributed by atoms with Crippen LogP contribution in [-0.2, 0) is 0 Å². The summed E-state index contributed by atoms with van der Waals surface area (Å²) in [5.41, 5.74) is -1.69. The number of hydrogen-bond donors (Lipinski definition) is 0. The third-order valence-electron chi connectivity index (χ3n) is 5.24. The van der Waals surface area contributed by atoms with Crippen molar-refractivity contribution in [3.8, 4) is 11.5 Å². The lowest BCUT2D eigenvalue weighted by Gasteiger charge is -2.21. The number of anilines is 1. The van der Waals surface area contributed by atoms with Crippen LogP contribution < -0.4 is 14.4 Å². The van der Waals surface area contributed by atoms with Crippen LogP contribution in [0, 0.1) is 23.3 Å². The second-order valence-electron chi connectivity index (χ2n) is 6.95. The zero-order valence-corrected chi connectivity index (χ0v) is 15.5. The molecule has 1 aliphatic carbocycles. The molecule has 0 bridgehead atoms. The molecule has 152 valence electrons. The first-order valence-corrected chi connectivity index (χ1v) is 9.09. The van der Waals surface area contributed by atoms with E-state index in [4.69, 9.17) is 9.47 Å². The molecular weight excluding hydrogens is 390 g/mol. The van der Waals surface area contributed by atoms with Gasteiger partial charge >= 0.3 is 0 Å². The number of methoxy groups -OCH3 is 1. The van der Waals surface area contributed by atoms with Gasteiger partial charge in [-0.3, -0.25) is 9.69 Å². The van der Waals surface area contributed by atoms with Gasteiger partial charge in [0.1, 0.15) is 0 Å². The standard InChI is InChI=1S/C21H17F4NO3/c1-10-15-16(18(23)20(25)19(24)17(15)22)21(27)26(10)11-7-8-13(28-2)14(9-11)29-12-5-3-4-6-12/h7-9,12H,1,3-6H2,2H3. The van der Waals surface area contributed by atoms with Gasteiger partial charge in [0.25, 0.3) is 5.91 Å². The molecule has 29 heavy (non-hydrogen) atoms. The minimum Gasteiger partial charge on any atom is -0.493 e. The Balaban J connectivity index is 1.77. The molecule has 4 rings (SSSR count). The smallest absolute Gasteiger partial charge is 0.266 e. The molecular formula is C21H17F4NO3. The van der Waals surface area contributed by atoms with Gasteiger partial charge < -0.3 is 9.47 Å². The van der Waals surface area contributed by atoms with Gasteiger partial charge in [0.05, 0.1) is 35.7 Å². The van der Waals surface area contributed by atoms with Crippen LogP contribution >= 0.6 is 0 Å². The monoisotopic (exact) mass is 407 g/mol. The van der Waals surface area contributed by atoms with Gasteiger partial charge in [0.2, 0.25) is 0 Å². The van der Waals surface area contributed by atoms with Crippen molar-refractivity contribution in [3.05, 3.63) is 59.2 Å². The molecule has 0 aromatic heterocycles. The lowest BCUT2D eigenvalue weighted by atomic mass is 10.1. The zero-order valence-electron chi connectivity index (χ0n) is 15.5. The molecule has 8 heteroatoms. The first kappa shape index (κ1) is 19.3. The second kappa shape index (κ2) is 7.09. The number of carbonyl (C=O) groups is 1. The van der Waals surface area contributed by atoms with E-state index >= 15 is 0 Å². The molecule has 2 aliphatic rings. The lowest BCUT2D eigenvalue weighted by Crippen LogP contribution is -2.23. The Bertz CT molecular complexity index is 984. The zero-order chi connectivity index (χ0) is 20.9. The van der Waals surface area contributed by atoms with Gasteiger partial charge in [0, 0.05) is 6.07 Å². The number of halogens is 4. The maximum Gasteiger partial charge on any atom is 0.266 e. The summed E-state index contributed by atoms with van der Waals surface area (Å²) in [5.74, 6) is -7.70. The summed E-state index contributed by atoms with van der Waals surface area (Å²) in [6, 6.07) is 4.49. The van der Waals surface area contributed by atoms with E-state index in [0.29, 0.717) is 11.5 Å². The Morgan fingerprint density at radius 2 is 1.59 bits per heavy atom. The Morgan fingerprint density at radius 1 is 0.966 bits per heavy atom. The number of hydrogen-bond acceptors (Lipinski definition) is 3. The Labute approximate surface area is 164 Å². The van der Waals surface area contributed by atoms with Crippen LogP contribution in [0.2, 0.25) is 0 Å². The quantitative estimate of drug-likeness (QED) is 0.397. The van der Waals surface area contributed by atoms with Crippen molar-refractivity contribution in [1.82, 2.24) is 0 Å². The summed E-state index contributed by atoms with van der Waals surface area (Å²) >= 11 is 0. The average Bonchev–Trinajstić information content (AvgIpc) is 3.30. The van der Waals surface area contributed by atoms with Crippen molar-refractivity contribution in [3.63, 3.8) is 0 Å². The van der Waals surface area contributed by atoms with Gasteiger partial charge in [-0.25, -0.2) is 17.6 Å². The van der Waals surface area contributed by atoms with Gasteiger partial charge in [-0.1, -0.05) is 6.58 Å². The highest BCUT2D eigenvalue weighted by molar-refractivity contribution is 6.22. The number of rotatable bonds is 4. The maximum atomic E-state index is 14.3. The van der Waals surface area contributed by atoms with Crippen molar-refractivity contribution in [1.29, 1.82) is 0 Å². The van der Waals surface area contributed by atoms with Crippen LogP contribution in [0.3, 0.4) is 0 Å². The molecule has 2 aromatic rings. The molecule has 1 amide bonds. The summed E-state index contributed by atoms with van der Waals surface area (Å²) in [7, 11) is 1.46. The number of ether oxygens (including phenoxy) is 2. The van der Waals surface area contributed by atoms with E-state index in [1.807, 2.05) is 0 Å². The van der Waals surface area contributed by atoms with E-state index < -0.39 is 40.3 Å². The number of carbonyl (C=O) groups excluding carboxylic acids is 1. The average molecular weight is 407 g/mol. The van der Waals surface area contributed by atoms with Gasteiger partial charge in [-0.2, -0.15) is 0 Å². The number of benzene rings is 2. The predicted molar refractivity (Wildman–Crippen MR) is 98.0 cm³/mol. The Morgan fingerprint density at radius 3 is 2.21 bits per heavy atom. The molecule has 0 unspecified atom stereocenters. The minimum atomic E-state index is -2.04. The minimum absolute atomic E-state index is 0.00749. The van der Waals surface area contributed by atoms with Gasteiger partial charge in [0.15, 0.2) is 34.8 Å². The fourth-order valence-electron chi connectivity index (χ4n) is 3.81. The third-order valence-corrected chi connectivity index (χ3v) is 5.24. The summed E-state index contributed by atoms with van der Waals surface area (Å²) in [5, 5.41) is 0. The molecule has 2 aromatic carbocycles. The largest absolute Gasteiger partial charge is 0.493 e. The van der Waals surface area contributed by atoms with Crippen LogP contribution in [0.15, 0.2) is 24.8 Å². The van der Waals surface area contributed by atoms with Crippen LogP contribution in [0.25, 0.3) is 5.70 Å². The van der Waals surface area contributed by atoms with E-state index in [0.717, 1.165) is 30.6 Å². The molecule has 1 heterocycles. The van der Waals surface area contributed by atoms with Crippen molar-refractivity contribution < 1.29 is 31.8 Å². The predicted octanol–water partition coefficient (Wildman–Crippen LogP) is 5.20. The highest BCUT2D eigenvalue weighted by Crippen LogP contribution is 2.43. The fraction of sp³-hybridized carbons (Fsp3) is 0.286. The van der Waals surface area contributed by atoms with Crippen LogP contribution in [-0.4, -0.2) is 19.1 Å². The molecule has 0 saturated heterocycles. The molecule has 4 nitrogen and oxygen atoms in total. The summed E-state index contributed by atoms with van der Waals surface area (Å²) in [6.07, 6.45) is 3.83. The first-order chi connectivity index (χ1) is 13.8. The SMILES string of the molecule is C=C1c2c(F)c(F)c(F)c(F)c2C(=O)N1c1ccc(OC)c(OC2CCCC2)c1. The molecule has 0 radical (unpaired) electrons. The van der Waals surface area contributed by atoms with Crippen molar-refractivity contribution in [2.24, 2.45) is 0 Å². The number of nitrogens with zero attached hydrogens (tertiary/aromatic N) is 1. The van der Waals surface area contributed by atoms with Crippen LogP contribution in [0.1, 0.15) is 41.6 Å². The topological polar surface area (TPSA) is 38.8 Å². The Kier molecular flexibility index (Phi) is 4.72. The summed E-state index contributed by atoms with van der Waals surface area (Å²) < 4.78 is 67.0. The highest BCUT2D eigenvalue weighted by Gasteiger charge is 2.41. The first-order valence-electron chi connectivity index (χ1n) is 9.09. The van der Waals surface area contributed by atoms with E-state index in [1.165, 1.54) is 25.3 Å².